The summed E-state index contributed by atoms with van der Waals surface area (Å²) in [7, 11) is 0. The van der Waals surface area contributed by atoms with Crippen molar-refractivity contribution in [2.75, 3.05) is 4.90 Å². The molecular formula is C47H44N4O2. The Morgan fingerprint density at radius 1 is 0.679 bits per heavy atom. The topological polar surface area (TPSA) is 75.3 Å². The molecule has 3 aromatic heterocycles. The van der Waals surface area contributed by atoms with E-state index in [-0.39, 0.29) is 16.6 Å². The number of furan rings is 1. The van der Waals surface area contributed by atoms with E-state index in [0.29, 0.717) is 33.8 Å². The monoisotopic (exact) mass is 696 g/mol. The number of hydrogen-bond donors (Lipinski definition) is 1. The van der Waals surface area contributed by atoms with Gasteiger partial charge in [-0.3, -0.25) is 4.90 Å². The molecule has 8 rings (SSSR count). The molecule has 0 saturated carbocycles. The van der Waals surface area contributed by atoms with Gasteiger partial charge in [0.15, 0.2) is 11.4 Å². The molecule has 0 amide bonds. The molecule has 0 bridgehead atoms. The lowest BCUT2D eigenvalue weighted by Crippen LogP contribution is -2.17. The fourth-order valence-corrected chi connectivity index (χ4v) is 7.33. The lowest BCUT2D eigenvalue weighted by molar-refractivity contribution is 0.446. The Kier molecular flexibility index (Phi) is 8.10. The van der Waals surface area contributed by atoms with Gasteiger partial charge in [-0.1, -0.05) is 108 Å². The predicted molar refractivity (Wildman–Crippen MR) is 219 cm³/mol. The van der Waals surface area contributed by atoms with Crippen molar-refractivity contribution in [1.82, 2.24) is 15.0 Å². The first-order chi connectivity index (χ1) is 25.3. The molecule has 0 spiro atoms. The maximum Gasteiger partial charge on any atom is 0.180 e. The lowest BCUT2D eigenvalue weighted by atomic mass is 9.78. The third-order valence-corrected chi connectivity index (χ3v) is 10.1. The summed E-state index contributed by atoms with van der Waals surface area (Å²) < 4.78 is 6.56. The lowest BCUT2D eigenvalue weighted by Gasteiger charge is -2.29. The number of pyridine rings is 1. The number of aryl methyl sites for hydroxylation is 2. The molecule has 3 heterocycles. The van der Waals surface area contributed by atoms with E-state index in [1.165, 1.54) is 0 Å². The highest BCUT2D eigenvalue weighted by atomic mass is 16.3. The Bertz CT molecular complexity index is 2660. The van der Waals surface area contributed by atoms with E-state index in [1.807, 2.05) is 48.7 Å². The number of nitrogens with zero attached hydrogens (tertiary/aromatic N) is 4. The van der Waals surface area contributed by atoms with Gasteiger partial charge in [-0.05, 0) is 89.2 Å². The second kappa shape index (κ2) is 12.6. The van der Waals surface area contributed by atoms with Crippen LogP contribution in [-0.4, -0.2) is 20.1 Å². The van der Waals surface area contributed by atoms with E-state index in [0.717, 1.165) is 61.2 Å². The summed E-state index contributed by atoms with van der Waals surface area (Å²) in [6.07, 6.45) is 1.83. The van der Waals surface area contributed by atoms with E-state index in [1.54, 1.807) is 0 Å². The average molecular weight is 697 g/mol. The third kappa shape index (κ3) is 5.98. The van der Waals surface area contributed by atoms with Crippen LogP contribution in [0.2, 0.25) is 0 Å². The van der Waals surface area contributed by atoms with Crippen LogP contribution >= 0.6 is 0 Å². The van der Waals surface area contributed by atoms with E-state index >= 15 is 0 Å². The highest BCUT2D eigenvalue weighted by Crippen LogP contribution is 2.47. The van der Waals surface area contributed by atoms with Gasteiger partial charge < -0.3 is 9.52 Å². The van der Waals surface area contributed by atoms with Gasteiger partial charge >= 0.3 is 0 Å². The van der Waals surface area contributed by atoms with Gasteiger partial charge in [-0.2, -0.15) is 0 Å². The number of para-hydroxylation sites is 2. The average Bonchev–Trinajstić information content (AvgIpc) is 3.51. The normalized spacial score (nSPS) is 12.2. The fraction of sp³-hybridized carbons (Fsp3) is 0.213. The second-order valence-electron chi connectivity index (χ2n) is 16.1. The number of aromatic hydroxyl groups is 1. The van der Waals surface area contributed by atoms with Gasteiger partial charge in [0.25, 0.3) is 0 Å². The SMILES string of the molecule is Cc1cccc(C)c1N(c1ccccn1)c1cc(-c2nc(-c3cc(C(C)(C)C)cc(C(C)(C)C)c3O)c3oc4ccccc4c3n2)cc2ccccc12. The molecule has 264 valence electrons. The van der Waals surface area contributed by atoms with Crippen LogP contribution in [0.3, 0.4) is 0 Å². The van der Waals surface area contributed by atoms with Crippen LogP contribution in [0.4, 0.5) is 17.2 Å². The molecule has 53 heavy (non-hydrogen) atoms. The summed E-state index contributed by atoms with van der Waals surface area (Å²) in [4.78, 5) is 17.7. The van der Waals surface area contributed by atoms with Crippen molar-refractivity contribution in [3.63, 3.8) is 0 Å². The van der Waals surface area contributed by atoms with Crippen molar-refractivity contribution in [3.05, 3.63) is 138 Å². The first-order valence-corrected chi connectivity index (χ1v) is 18.2. The molecule has 0 aliphatic carbocycles. The van der Waals surface area contributed by atoms with Crippen LogP contribution < -0.4 is 4.90 Å². The zero-order chi connectivity index (χ0) is 37.2. The number of rotatable bonds is 5. The summed E-state index contributed by atoms with van der Waals surface area (Å²) in [5.74, 6) is 1.54. The van der Waals surface area contributed by atoms with Crippen molar-refractivity contribution < 1.29 is 9.52 Å². The minimum Gasteiger partial charge on any atom is -0.507 e. The summed E-state index contributed by atoms with van der Waals surface area (Å²) in [6.45, 7) is 17.2. The highest BCUT2D eigenvalue weighted by Gasteiger charge is 2.29. The summed E-state index contributed by atoms with van der Waals surface area (Å²) >= 11 is 0. The summed E-state index contributed by atoms with van der Waals surface area (Å²) in [5.41, 5.74) is 9.75. The zero-order valence-electron chi connectivity index (χ0n) is 31.6. The van der Waals surface area contributed by atoms with Crippen LogP contribution in [0.25, 0.3) is 55.5 Å². The van der Waals surface area contributed by atoms with Gasteiger partial charge in [0, 0.05) is 33.7 Å². The van der Waals surface area contributed by atoms with Crippen molar-refractivity contribution in [2.24, 2.45) is 0 Å². The third-order valence-electron chi connectivity index (χ3n) is 10.1. The number of benzene rings is 5. The smallest absolute Gasteiger partial charge is 0.180 e. The maximum absolute atomic E-state index is 12.1. The van der Waals surface area contributed by atoms with Crippen LogP contribution in [0.1, 0.15) is 63.8 Å². The highest BCUT2D eigenvalue weighted by molar-refractivity contribution is 6.08. The number of fused-ring (bicyclic) bond motifs is 4. The van der Waals surface area contributed by atoms with Gasteiger partial charge in [0.05, 0.1) is 11.4 Å². The molecule has 0 aliphatic rings. The minimum absolute atomic E-state index is 0.179. The van der Waals surface area contributed by atoms with E-state index in [2.05, 4.69) is 127 Å². The van der Waals surface area contributed by atoms with Gasteiger partial charge in [0.1, 0.15) is 28.4 Å². The Labute approximate surface area is 310 Å². The van der Waals surface area contributed by atoms with Crippen molar-refractivity contribution >= 4 is 50.0 Å². The zero-order valence-corrected chi connectivity index (χ0v) is 31.6. The molecule has 0 aliphatic heterocycles. The quantitative estimate of drug-likeness (QED) is 0.193. The largest absolute Gasteiger partial charge is 0.507 e. The first kappa shape index (κ1) is 34.1. The minimum atomic E-state index is -0.321. The van der Waals surface area contributed by atoms with Crippen LogP contribution in [0.5, 0.6) is 5.75 Å². The number of anilines is 3. The Morgan fingerprint density at radius 3 is 2.08 bits per heavy atom. The molecule has 0 unspecified atom stereocenters. The van der Waals surface area contributed by atoms with Crippen LogP contribution in [-0.2, 0) is 10.8 Å². The number of hydrogen-bond acceptors (Lipinski definition) is 6. The molecule has 0 radical (unpaired) electrons. The number of phenolic OH excluding ortho intramolecular Hbond substituents is 1. The molecule has 0 saturated heterocycles. The molecule has 0 atom stereocenters. The van der Waals surface area contributed by atoms with Gasteiger partial charge in [0.2, 0.25) is 0 Å². The number of phenols is 1. The van der Waals surface area contributed by atoms with Crippen LogP contribution in [0.15, 0.2) is 120 Å². The van der Waals surface area contributed by atoms with E-state index < -0.39 is 0 Å². The standard InChI is InChI=1S/C47H44N4O2/c1-28-16-15-17-29(2)42(28)51(39-22-13-14-23-48-39)37-25-31(24-30-18-9-10-19-33(30)37)45-49-40-34-20-11-12-21-38(34)53-44(40)41(50-45)35-26-32(46(3,4)5)27-36(43(35)52)47(6,7)8/h9-27,52H,1-8H3. The van der Waals surface area contributed by atoms with Gasteiger partial charge in [-0.25, -0.2) is 15.0 Å². The molecule has 5 aromatic carbocycles. The van der Waals surface area contributed by atoms with Crippen LogP contribution in [0, 0.1) is 13.8 Å². The predicted octanol–water partition coefficient (Wildman–Crippen LogP) is 12.6. The summed E-state index contributed by atoms with van der Waals surface area (Å²) in [5, 5.41) is 15.1. The van der Waals surface area contributed by atoms with E-state index in [9.17, 15) is 5.11 Å². The fourth-order valence-electron chi connectivity index (χ4n) is 7.33. The maximum atomic E-state index is 12.1. The Morgan fingerprint density at radius 2 is 1.38 bits per heavy atom. The molecule has 0 fully saturated rings. The Balaban J connectivity index is 1.47. The van der Waals surface area contributed by atoms with Crippen molar-refractivity contribution in [2.45, 2.75) is 66.2 Å². The molecule has 6 heteroatoms. The molecule has 1 N–H and O–H groups in total. The van der Waals surface area contributed by atoms with Crippen molar-refractivity contribution in [1.29, 1.82) is 0 Å². The molecule has 8 aromatic rings. The van der Waals surface area contributed by atoms with Crippen molar-refractivity contribution in [3.8, 4) is 28.4 Å². The Hall–Kier alpha value is -6.01. The first-order valence-electron chi connectivity index (χ1n) is 18.2. The summed E-state index contributed by atoms with van der Waals surface area (Å²) in [6, 6.07) is 37.3. The number of aromatic nitrogens is 3. The molecular weight excluding hydrogens is 653 g/mol. The van der Waals surface area contributed by atoms with Gasteiger partial charge in [-0.15, -0.1) is 0 Å². The second-order valence-corrected chi connectivity index (χ2v) is 16.1. The molecule has 6 nitrogen and oxygen atoms in total. The van der Waals surface area contributed by atoms with E-state index in [4.69, 9.17) is 19.4 Å².